The number of hydrogen-bond acceptors (Lipinski definition) is 5. The number of aromatic nitrogens is 2. The third-order valence-electron chi connectivity index (χ3n) is 9.78. The lowest BCUT2D eigenvalue weighted by atomic mass is 9.96. The second-order valence-electron chi connectivity index (χ2n) is 12.9. The predicted molar refractivity (Wildman–Crippen MR) is 210 cm³/mol. The number of para-hydroxylation sites is 2. The summed E-state index contributed by atoms with van der Waals surface area (Å²) in [7, 11) is 0. The molecule has 10 rings (SSSR count). The van der Waals surface area contributed by atoms with Crippen molar-refractivity contribution >= 4 is 65.8 Å². The average molecular weight is 662 g/mol. The van der Waals surface area contributed by atoms with Crippen LogP contribution in [0.4, 0.5) is 0 Å². The summed E-state index contributed by atoms with van der Waals surface area (Å²) in [5, 5.41) is 9.44. The molecule has 0 saturated carbocycles. The van der Waals surface area contributed by atoms with E-state index in [-0.39, 0.29) is 12.1 Å². The van der Waals surface area contributed by atoms with Crippen LogP contribution in [0.1, 0.15) is 17.5 Å². The second kappa shape index (κ2) is 11.8. The van der Waals surface area contributed by atoms with Gasteiger partial charge in [-0.3, -0.25) is 0 Å². The fraction of sp³-hybridized carbons (Fsp3) is 0.0682. The summed E-state index contributed by atoms with van der Waals surface area (Å²) < 4.78 is 3.59. The van der Waals surface area contributed by atoms with E-state index in [1.54, 1.807) is 11.3 Å². The molecule has 1 aliphatic carbocycles. The largest absolute Gasteiger partial charge is 0.347 e. The molecule has 1 N–H and O–H groups in total. The highest BCUT2D eigenvalue weighted by atomic mass is 32.1. The second-order valence-corrected chi connectivity index (χ2v) is 13.9. The minimum Gasteiger partial charge on any atom is -0.347 e. The fourth-order valence-corrected chi connectivity index (χ4v) is 8.24. The first-order chi connectivity index (χ1) is 24.7. The van der Waals surface area contributed by atoms with Gasteiger partial charge in [-0.15, -0.1) is 11.3 Å². The molecule has 3 heterocycles. The van der Waals surface area contributed by atoms with Gasteiger partial charge in [-0.1, -0.05) is 103 Å². The molecule has 2 atom stereocenters. The molecular weight excluding hydrogens is 631 g/mol. The van der Waals surface area contributed by atoms with Crippen molar-refractivity contribution in [1.29, 1.82) is 0 Å². The van der Waals surface area contributed by atoms with Crippen LogP contribution in [0.3, 0.4) is 0 Å². The summed E-state index contributed by atoms with van der Waals surface area (Å²) in [6.07, 6.45) is 9.51. The molecule has 8 aromatic rings. The monoisotopic (exact) mass is 661 g/mol. The van der Waals surface area contributed by atoms with E-state index >= 15 is 0 Å². The maximum Gasteiger partial charge on any atom is 0.159 e. The van der Waals surface area contributed by atoms with Gasteiger partial charge in [-0.2, -0.15) is 0 Å². The topological polar surface area (TPSA) is 54.6 Å². The average Bonchev–Trinajstić information content (AvgIpc) is 3.77. The van der Waals surface area contributed by atoms with Gasteiger partial charge in [0.15, 0.2) is 5.84 Å². The summed E-state index contributed by atoms with van der Waals surface area (Å²) in [6.45, 7) is 0. The van der Waals surface area contributed by atoms with Gasteiger partial charge in [0, 0.05) is 39.1 Å². The van der Waals surface area contributed by atoms with E-state index in [2.05, 4.69) is 156 Å². The van der Waals surface area contributed by atoms with Gasteiger partial charge in [0.1, 0.15) is 17.0 Å². The van der Waals surface area contributed by atoms with Crippen LogP contribution in [0.15, 0.2) is 168 Å². The molecule has 238 valence electrons. The van der Waals surface area contributed by atoms with Crippen LogP contribution >= 0.6 is 11.3 Å². The Morgan fingerprint density at radius 3 is 2.38 bits per heavy atom. The van der Waals surface area contributed by atoms with Crippen LogP contribution in [0.5, 0.6) is 0 Å². The number of benzene rings is 6. The maximum absolute atomic E-state index is 5.18. The number of hydrogen-bond donors (Lipinski definition) is 1. The zero-order valence-corrected chi connectivity index (χ0v) is 27.9. The molecule has 0 amide bonds. The lowest BCUT2D eigenvalue weighted by molar-refractivity contribution is 0.475. The molecule has 1 aliphatic heterocycles. The lowest BCUT2D eigenvalue weighted by Gasteiger charge is -2.28. The molecule has 2 aromatic heterocycles. The normalized spacial score (nSPS) is 17.4. The summed E-state index contributed by atoms with van der Waals surface area (Å²) in [6, 6.07) is 47.4. The number of nitrogens with zero attached hydrogens (tertiary/aromatic N) is 4. The Morgan fingerprint density at radius 1 is 0.660 bits per heavy atom. The van der Waals surface area contributed by atoms with E-state index in [9.17, 15) is 0 Å². The van der Waals surface area contributed by atoms with E-state index in [0.717, 1.165) is 56.4 Å². The Bertz CT molecular complexity index is 2700. The molecule has 0 bridgehead atoms. The number of amidine groups is 2. The third kappa shape index (κ3) is 4.96. The Morgan fingerprint density at radius 2 is 1.48 bits per heavy atom. The first-order valence-corrected chi connectivity index (χ1v) is 17.8. The summed E-state index contributed by atoms with van der Waals surface area (Å²) in [5.74, 6) is 1.86. The highest BCUT2D eigenvalue weighted by molar-refractivity contribution is 7.21. The van der Waals surface area contributed by atoms with Crippen molar-refractivity contribution in [1.82, 2.24) is 14.9 Å². The van der Waals surface area contributed by atoms with E-state index in [4.69, 9.17) is 15.0 Å². The van der Waals surface area contributed by atoms with Crippen LogP contribution in [-0.2, 0) is 0 Å². The van der Waals surface area contributed by atoms with Crippen molar-refractivity contribution in [2.75, 3.05) is 0 Å². The van der Waals surface area contributed by atoms with Crippen LogP contribution in [-0.4, -0.2) is 27.4 Å². The first-order valence-electron chi connectivity index (χ1n) is 17.0. The van der Waals surface area contributed by atoms with E-state index in [0.29, 0.717) is 0 Å². The molecule has 6 heteroatoms. The van der Waals surface area contributed by atoms with E-state index in [1.807, 2.05) is 12.1 Å². The van der Waals surface area contributed by atoms with Gasteiger partial charge >= 0.3 is 0 Å². The Labute approximate surface area is 293 Å². The van der Waals surface area contributed by atoms with Crippen molar-refractivity contribution in [3.05, 3.63) is 169 Å². The van der Waals surface area contributed by atoms with E-state index < -0.39 is 0 Å². The van der Waals surface area contributed by atoms with Crippen molar-refractivity contribution in [3.63, 3.8) is 0 Å². The molecule has 0 spiro atoms. The number of allylic oxidation sites excluding steroid dienone is 3. The van der Waals surface area contributed by atoms with Crippen molar-refractivity contribution < 1.29 is 0 Å². The van der Waals surface area contributed by atoms with Crippen LogP contribution < -0.4 is 5.32 Å². The highest BCUT2D eigenvalue weighted by Crippen LogP contribution is 2.37. The number of nitrogens with one attached hydrogen (secondary N) is 1. The molecule has 6 aromatic carbocycles. The van der Waals surface area contributed by atoms with Gasteiger partial charge in [0.05, 0.1) is 21.3 Å². The highest BCUT2D eigenvalue weighted by Gasteiger charge is 2.25. The number of fused-ring (bicyclic) bond motifs is 5. The van der Waals surface area contributed by atoms with Crippen molar-refractivity contribution in [2.45, 2.75) is 12.6 Å². The standard InChI is InChI=1S/C44H31N5S/c1-3-11-29(12-4-1)41-46-42(30-13-5-2-6-14-30)48-43(47-41)31-20-19-28-21-23-34(26-33(28)25-31)49-38-17-9-7-15-35(38)36-27-32(22-24-39(36)49)44-45-37-16-8-10-18-40(37)50-44/h1-13,15-27,30,42H,14H2,(H,46,47,48). The van der Waals surface area contributed by atoms with Crippen molar-refractivity contribution in [2.24, 2.45) is 15.9 Å². The minimum atomic E-state index is -0.105. The van der Waals surface area contributed by atoms with Crippen LogP contribution in [0, 0.1) is 5.92 Å². The number of rotatable bonds is 5. The summed E-state index contributed by atoms with van der Waals surface area (Å²) in [4.78, 5) is 15.2. The molecule has 5 nitrogen and oxygen atoms in total. The van der Waals surface area contributed by atoms with Gasteiger partial charge in [0.2, 0.25) is 0 Å². The zero-order chi connectivity index (χ0) is 33.0. The lowest BCUT2D eigenvalue weighted by Crippen LogP contribution is -2.43. The van der Waals surface area contributed by atoms with Gasteiger partial charge in [-0.25, -0.2) is 15.0 Å². The van der Waals surface area contributed by atoms with Crippen molar-refractivity contribution in [3.8, 4) is 16.3 Å². The predicted octanol–water partition coefficient (Wildman–Crippen LogP) is 10.5. The molecule has 50 heavy (non-hydrogen) atoms. The maximum atomic E-state index is 5.18. The quantitative estimate of drug-likeness (QED) is 0.200. The Kier molecular flexibility index (Phi) is 6.81. The number of thiazole rings is 1. The van der Waals surface area contributed by atoms with E-state index in [1.165, 1.54) is 31.9 Å². The molecule has 0 fully saturated rings. The van der Waals surface area contributed by atoms with Gasteiger partial charge in [0.25, 0.3) is 0 Å². The third-order valence-corrected chi connectivity index (χ3v) is 10.9. The molecule has 0 saturated heterocycles. The summed E-state index contributed by atoms with van der Waals surface area (Å²) >= 11 is 1.74. The number of aliphatic imine (C=N–C) groups is 2. The molecule has 2 aliphatic rings. The smallest absolute Gasteiger partial charge is 0.159 e. The van der Waals surface area contributed by atoms with Crippen LogP contribution in [0.2, 0.25) is 0 Å². The summed E-state index contributed by atoms with van der Waals surface area (Å²) in [5.41, 5.74) is 7.71. The van der Waals surface area contributed by atoms with Gasteiger partial charge < -0.3 is 9.88 Å². The first kappa shape index (κ1) is 28.9. The minimum absolute atomic E-state index is 0.105. The van der Waals surface area contributed by atoms with Crippen LogP contribution in [0.25, 0.3) is 59.1 Å². The zero-order valence-electron chi connectivity index (χ0n) is 27.1. The SMILES string of the molecule is C1=CCC(C2N=C(c3ccc4ccc(-n5c6ccccc6c6cc(-c7nc8ccccc8s7)ccc65)cc4c3)N=C(c3ccccc3)N2)C=C1. The molecular formula is C44H31N5S. The Balaban J connectivity index is 1.08. The Hall–Kier alpha value is -6.11. The fourth-order valence-electron chi connectivity index (χ4n) is 7.28. The molecule has 2 unspecified atom stereocenters. The van der Waals surface area contributed by atoms with Gasteiger partial charge in [-0.05, 0) is 71.8 Å². The molecule has 0 radical (unpaired) electrons.